The lowest BCUT2D eigenvalue weighted by molar-refractivity contribution is -0.186. The lowest BCUT2D eigenvalue weighted by Crippen LogP contribution is -2.33. The summed E-state index contributed by atoms with van der Waals surface area (Å²) in [5.41, 5.74) is 5.13. The molecule has 0 bridgehead atoms. The molecule has 2 aliphatic heterocycles. The van der Waals surface area contributed by atoms with Gasteiger partial charge in [0.15, 0.2) is 6.29 Å². The van der Waals surface area contributed by atoms with Crippen LogP contribution >= 0.6 is 0 Å². The molecule has 0 spiro atoms. The third-order valence-electron chi connectivity index (χ3n) is 3.83. The van der Waals surface area contributed by atoms with E-state index in [1.807, 2.05) is 24.1 Å². The SMILES string of the molecule is CC1=NN(c2ccc(C(=O)NO[C@@H]3CCCCO3)cc2)CC1. The number of hydrazone groups is 1. The molecule has 1 saturated heterocycles. The molecule has 1 atom stereocenters. The summed E-state index contributed by atoms with van der Waals surface area (Å²) in [5.74, 6) is -0.262. The van der Waals surface area contributed by atoms with Crippen LogP contribution in [0.5, 0.6) is 0 Å². The predicted molar refractivity (Wildman–Crippen MR) is 83.7 cm³/mol. The van der Waals surface area contributed by atoms with E-state index >= 15 is 0 Å². The number of carbonyl (C=O) groups excluding carboxylic acids is 1. The van der Waals surface area contributed by atoms with Crippen molar-refractivity contribution in [3.8, 4) is 0 Å². The number of benzene rings is 1. The summed E-state index contributed by atoms with van der Waals surface area (Å²) in [6, 6.07) is 7.35. The number of hydrogen-bond donors (Lipinski definition) is 1. The van der Waals surface area contributed by atoms with Crippen molar-refractivity contribution in [3.63, 3.8) is 0 Å². The fourth-order valence-electron chi connectivity index (χ4n) is 2.53. The maximum Gasteiger partial charge on any atom is 0.274 e. The quantitative estimate of drug-likeness (QED) is 0.868. The number of hydroxylamine groups is 1. The van der Waals surface area contributed by atoms with Crippen LogP contribution in [0.4, 0.5) is 5.69 Å². The minimum atomic E-state index is -0.334. The Hall–Kier alpha value is -1.92. The highest BCUT2D eigenvalue weighted by Crippen LogP contribution is 2.20. The minimum Gasteiger partial charge on any atom is -0.350 e. The van der Waals surface area contributed by atoms with Gasteiger partial charge in [0.2, 0.25) is 0 Å². The summed E-state index contributed by atoms with van der Waals surface area (Å²) in [5, 5.41) is 6.39. The van der Waals surface area contributed by atoms with Crippen molar-refractivity contribution >= 4 is 17.3 Å². The molecular formula is C16H21N3O3. The monoisotopic (exact) mass is 303 g/mol. The zero-order valence-corrected chi connectivity index (χ0v) is 12.7. The molecule has 118 valence electrons. The van der Waals surface area contributed by atoms with Crippen LogP contribution in [0.15, 0.2) is 29.4 Å². The Morgan fingerprint density at radius 3 is 2.82 bits per heavy atom. The molecule has 0 aromatic heterocycles. The number of rotatable bonds is 4. The number of anilines is 1. The molecule has 1 aromatic rings. The van der Waals surface area contributed by atoms with Gasteiger partial charge in [0.1, 0.15) is 0 Å². The predicted octanol–water partition coefficient (Wildman–Crippen LogP) is 2.46. The van der Waals surface area contributed by atoms with Gasteiger partial charge in [0, 0.05) is 37.3 Å². The molecule has 3 rings (SSSR count). The van der Waals surface area contributed by atoms with E-state index in [2.05, 4.69) is 10.6 Å². The van der Waals surface area contributed by atoms with Gasteiger partial charge < -0.3 is 4.74 Å². The third-order valence-corrected chi connectivity index (χ3v) is 3.83. The minimum absolute atomic E-state index is 0.262. The highest BCUT2D eigenvalue weighted by molar-refractivity contribution is 5.94. The van der Waals surface area contributed by atoms with E-state index in [0.717, 1.165) is 43.6 Å². The summed E-state index contributed by atoms with van der Waals surface area (Å²) in [6.45, 7) is 3.59. The van der Waals surface area contributed by atoms with Crippen molar-refractivity contribution in [2.45, 2.75) is 38.9 Å². The van der Waals surface area contributed by atoms with Crippen LogP contribution in [0.3, 0.4) is 0 Å². The van der Waals surface area contributed by atoms with E-state index in [0.29, 0.717) is 12.2 Å². The van der Waals surface area contributed by atoms with Crippen LogP contribution in [-0.4, -0.2) is 31.1 Å². The Morgan fingerprint density at radius 1 is 1.36 bits per heavy atom. The number of nitrogens with zero attached hydrogens (tertiary/aromatic N) is 2. The molecule has 0 aliphatic carbocycles. The Morgan fingerprint density at radius 2 is 2.18 bits per heavy atom. The molecule has 0 radical (unpaired) electrons. The van der Waals surface area contributed by atoms with Crippen molar-refractivity contribution in [2.75, 3.05) is 18.2 Å². The van der Waals surface area contributed by atoms with Crippen molar-refractivity contribution < 1.29 is 14.4 Å². The number of hydrogen-bond acceptors (Lipinski definition) is 5. The highest BCUT2D eigenvalue weighted by Gasteiger charge is 2.17. The number of carbonyl (C=O) groups is 1. The summed E-state index contributed by atoms with van der Waals surface area (Å²) in [4.78, 5) is 17.3. The molecule has 2 heterocycles. The van der Waals surface area contributed by atoms with Crippen LogP contribution in [0.2, 0.25) is 0 Å². The first-order valence-electron chi connectivity index (χ1n) is 7.71. The van der Waals surface area contributed by atoms with Gasteiger partial charge in [0.05, 0.1) is 5.69 Å². The Labute approximate surface area is 130 Å². The third kappa shape index (κ3) is 3.64. The van der Waals surface area contributed by atoms with E-state index in [1.54, 1.807) is 12.1 Å². The number of nitrogens with one attached hydrogen (secondary N) is 1. The largest absolute Gasteiger partial charge is 0.350 e. The fraction of sp³-hybridized carbons (Fsp3) is 0.500. The first kappa shape index (κ1) is 15.0. The van der Waals surface area contributed by atoms with Crippen LogP contribution in [0.1, 0.15) is 43.0 Å². The van der Waals surface area contributed by atoms with E-state index < -0.39 is 0 Å². The normalized spacial score (nSPS) is 21.6. The zero-order valence-electron chi connectivity index (χ0n) is 12.7. The lowest BCUT2D eigenvalue weighted by Gasteiger charge is -2.22. The second-order valence-corrected chi connectivity index (χ2v) is 5.60. The van der Waals surface area contributed by atoms with Gasteiger partial charge in [-0.3, -0.25) is 9.80 Å². The van der Waals surface area contributed by atoms with Crippen molar-refractivity contribution in [3.05, 3.63) is 29.8 Å². The van der Waals surface area contributed by atoms with Gasteiger partial charge in [-0.2, -0.15) is 5.10 Å². The highest BCUT2D eigenvalue weighted by atomic mass is 16.8. The molecule has 1 aromatic carbocycles. The first-order valence-corrected chi connectivity index (χ1v) is 7.71. The fourth-order valence-corrected chi connectivity index (χ4v) is 2.53. The van der Waals surface area contributed by atoms with Gasteiger partial charge in [-0.25, -0.2) is 10.3 Å². The maximum atomic E-state index is 12.0. The standard InChI is InChI=1S/C16H21N3O3/c1-12-9-10-19(17-12)14-7-5-13(6-8-14)16(20)18-22-15-4-2-3-11-21-15/h5-8,15H,2-4,9-11H2,1H3,(H,18,20)/t15-/m1/s1. The number of amides is 1. The smallest absolute Gasteiger partial charge is 0.274 e. The summed E-state index contributed by atoms with van der Waals surface area (Å²) >= 11 is 0. The van der Waals surface area contributed by atoms with Gasteiger partial charge >= 0.3 is 0 Å². The average Bonchev–Trinajstić information content (AvgIpc) is 3.00. The van der Waals surface area contributed by atoms with Crippen LogP contribution in [0, 0.1) is 0 Å². The van der Waals surface area contributed by atoms with Gasteiger partial charge in [-0.1, -0.05) is 0 Å². The van der Waals surface area contributed by atoms with E-state index in [4.69, 9.17) is 9.57 Å². The molecule has 1 N–H and O–H groups in total. The molecule has 1 amide bonds. The van der Waals surface area contributed by atoms with E-state index in [1.165, 1.54) is 0 Å². The molecule has 0 unspecified atom stereocenters. The Balaban J connectivity index is 1.54. The summed E-state index contributed by atoms with van der Waals surface area (Å²) < 4.78 is 5.40. The molecule has 22 heavy (non-hydrogen) atoms. The lowest BCUT2D eigenvalue weighted by atomic mass is 10.2. The van der Waals surface area contributed by atoms with E-state index in [9.17, 15) is 4.79 Å². The second-order valence-electron chi connectivity index (χ2n) is 5.60. The zero-order chi connectivity index (χ0) is 15.4. The second kappa shape index (κ2) is 6.89. The van der Waals surface area contributed by atoms with Gasteiger partial charge in [-0.05, 0) is 44.0 Å². The van der Waals surface area contributed by atoms with Crippen LogP contribution in [0.25, 0.3) is 0 Å². The first-order chi connectivity index (χ1) is 10.7. The van der Waals surface area contributed by atoms with Gasteiger partial charge in [0.25, 0.3) is 5.91 Å². The van der Waals surface area contributed by atoms with Crippen molar-refractivity contribution in [2.24, 2.45) is 5.10 Å². The molecule has 6 heteroatoms. The van der Waals surface area contributed by atoms with Crippen LogP contribution in [-0.2, 0) is 9.57 Å². The molecule has 1 fully saturated rings. The molecule has 6 nitrogen and oxygen atoms in total. The Kier molecular flexibility index (Phi) is 4.70. The Bertz CT molecular complexity index is 550. The maximum absolute atomic E-state index is 12.0. The van der Waals surface area contributed by atoms with Crippen molar-refractivity contribution in [1.82, 2.24) is 5.48 Å². The van der Waals surface area contributed by atoms with Gasteiger partial charge in [-0.15, -0.1) is 0 Å². The van der Waals surface area contributed by atoms with Crippen molar-refractivity contribution in [1.29, 1.82) is 0 Å². The molecular weight excluding hydrogens is 282 g/mol. The summed E-state index contributed by atoms with van der Waals surface area (Å²) in [6.07, 6.45) is 3.57. The molecule has 2 aliphatic rings. The number of ether oxygens (including phenoxy) is 1. The average molecular weight is 303 g/mol. The topological polar surface area (TPSA) is 63.2 Å². The van der Waals surface area contributed by atoms with Crippen LogP contribution < -0.4 is 10.5 Å². The molecule has 0 saturated carbocycles. The van der Waals surface area contributed by atoms with E-state index in [-0.39, 0.29) is 12.2 Å². The summed E-state index contributed by atoms with van der Waals surface area (Å²) in [7, 11) is 0.